The predicted molar refractivity (Wildman–Crippen MR) is 29.3 cm³/mol. The molecular formula is C4H10N2O2. The minimum absolute atomic E-state index is 0.438. The number of hydrogen-bond donors (Lipinski definition) is 2. The first-order valence-electron chi connectivity index (χ1n) is 2.47. The van der Waals surface area contributed by atoms with E-state index in [0.29, 0.717) is 6.54 Å². The third kappa shape index (κ3) is 2.54. The topological polar surface area (TPSA) is 56.6 Å². The van der Waals surface area contributed by atoms with Crippen molar-refractivity contribution in [3.8, 4) is 0 Å². The summed E-state index contributed by atoms with van der Waals surface area (Å²) in [4.78, 5) is 10.3. The van der Waals surface area contributed by atoms with Crippen molar-refractivity contribution in [1.29, 1.82) is 0 Å². The molecule has 0 aromatic carbocycles. The van der Waals surface area contributed by atoms with E-state index in [0.717, 1.165) is 0 Å². The quantitative estimate of drug-likeness (QED) is 0.422. The predicted octanol–water partition coefficient (Wildman–Crippen LogP) is -1.27. The van der Waals surface area contributed by atoms with Gasteiger partial charge in [0, 0.05) is 6.54 Å². The number of carbonyl (C=O) groups is 1. The Labute approximate surface area is 48.1 Å². The highest BCUT2D eigenvalue weighted by Gasteiger charge is 1.99. The number of nitrogens with one attached hydrogen (secondary N) is 2. The zero-order valence-corrected chi connectivity index (χ0v) is 5.02. The minimum atomic E-state index is -0.507. The summed E-state index contributed by atoms with van der Waals surface area (Å²) < 4.78 is 0. The standard InChI is InChI=1S/C4H10N2O2/c1-3-5-4(7)6(2)8/h6H,3H2,1-2H3,(H,5,7). The Morgan fingerprint density at radius 3 is 2.50 bits per heavy atom. The van der Waals surface area contributed by atoms with E-state index in [1.807, 2.05) is 0 Å². The summed E-state index contributed by atoms with van der Waals surface area (Å²) in [6.07, 6.45) is 0. The maximum atomic E-state index is 10.3. The Hall–Kier alpha value is -0.610. The molecule has 0 rings (SSSR count). The molecule has 1 atom stereocenters. The lowest BCUT2D eigenvalue weighted by Gasteiger charge is -2.11. The van der Waals surface area contributed by atoms with Gasteiger partial charge in [0.25, 0.3) is 0 Å². The second-order valence-corrected chi connectivity index (χ2v) is 1.42. The van der Waals surface area contributed by atoms with E-state index >= 15 is 0 Å². The summed E-state index contributed by atoms with van der Waals surface area (Å²) in [7, 11) is 1.24. The Bertz CT molecular complexity index is 82.1. The molecule has 0 aliphatic rings. The second kappa shape index (κ2) is 3.40. The molecule has 0 spiro atoms. The van der Waals surface area contributed by atoms with Crippen molar-refractivity contribution >= 4 is 6.03 Å². The van der Waals surface area contributed by atoms with Gasteiger partial charge in [-0.1, -0.05) is 0 Å². The van der Waals surface area contributed by atoms with Crippen LogP contribution in [-0.4, -0.2) is 19.6 Å². The molecule has 4 nitrogen and oxygen atoms in total. The Morgan fingerprint density at radius 1 is 1.88 bits per heavy atom. The maximum Gasteiger partial charge on any atom is 0.414 e. The van der Waals surface area contributed by atoms with E-state index in [-0.39, 0.29) is 0 Å². The highest BCUT2D eigenvalue weighted by Crippen LogP contribution is 1.51. The lowest BCUT2D eigenvalue weighted by atomic mass is 10.7. The van der Waals surface area contributed by atoms with Crippen molar-refractivity contribution in [2.75, 3.05) is 13.6 Å². The highest BCUT2D eigenvalue weighted by atomic mass is 16.5. The Balaban J connectivity index is 3.33. The van der Waals surface area contributed by atoms with Gasteiger partial charge in [0.1, 0.15) is 0 Å². The van der Waals surface area contributed by atoms with Crippen molar-refractivity contribution in [3.05, 3.63) is 5.21 Å². The van der Waals surface area contributed by atoms with Gasteiger partial charge in [-0.25, -0.2) is 4.79 Å². The van der Waals surface area contributed by atoms with Crippen molar-refractivity contribution in [1.82, 2.24) is 5.32 Å². The molecule has 2 N–H and O–H groups in total. The third-order valence-corrected chi connectivity index (χ3v) is 0.657. The van der Waals surface area contributed by atoms with E-state index in [1.165, 1.54) is 7.05 Å². The zero-order valence-electron chi connectivity index (χ0n) is 5.02. The third-order valence-electron chi connectivity index (χ3n) is 0.657. The van der Waals surface area contributed by atoms with Crippen molar-refractivity contribution < 1.29 is 9.86 Å². The molecule has 0 aliphatic heterocycles. The number of quaternary nitrogens is 1. The average Bonchev–Trinajstić information content (AvgIpc) is 1.67. The van der Waals surface area contributed by atoms with Crippen LogP contribution >= 0.6 is 0 Å². The van der Waals surface area contributed by atoms with Crippen LogP contribution in [0.3, 0.4) is 0 Å². The first kappa shape index (κ1) is 7.39. The number of urea groups is 1. The fourth-order valence-electron chi connectivity index (χ4n) is 0.285. The first-order chi connectivity index (χ1) is 3.68. The Morgan fingerprint density at radius 2 is 2.38 bits per heavy atom. The molecule has 8 heavy (non-hydrogen) atoms. The fraction of sp³-hybridized carbons (Fsp3) is 0.750. The van der Waals surface area contributed by atoms with E-state index in [4.69, 9.17) is 0 Å². The van der Waals surface area contributed by atoms with Gasteiger partial charge < -0.3 is 10.5 Å². The van der Waals surface area contributed by atoms with E-state index in [9.17, 15) is 10.0 Å². The van der Waals surface area contributed by atoms with Gasteiger partial charge in [-0.2, -0.15) is 0 Å². The van der Waals surface area contributed by atoms with Crippen molar-refractivity contribution in [2.45, 2.75) is 6.92 Å². The van der Waals surface area contributed by atoms with Crippen molar-refractivity contribution in [2.24, 2.45) is 0 Å². The molecule has 4 heteroatoms. The van der Waals surface area contributed by atoms with Crippen LogP contribution in [0, 0.1) is 5.21 Å². The van der Waals surface area contributed by atoms with E-state index in [1.54, 1.807) is 6.92 Å². The zero-order chi connectivity index (χ0) is 6.57. The molecule has 0 saturated carbocycles. The monoisotopic (exact) mass is 118 g/mol. The second-order valence-electron chi connectivity index (χ2n) is 1.42. The van der Waals surface area contributed by atoms with Gasteiger partial charge in [-0.05, 0) is 6.92 Å². The van der Waals surface area contributed by atoms with Crippen LogP contribution < -0.4 is 10.4 Å². The van der Waals surface area contributed by atoms with Crippen LogP contribution in [0.2, 0.25) is 0 Å². The van der Waals surface area contributed by atoms with Gasteiger partial charge in [0.15, 0.2) is 0 Å². The highest BCUT2D eigenvalue weighted by molar-refractivity contribution is 5.64. The SMILES string of the molecule is CCNC(=O)[NH+](C)[O-]. The summed E-state index contributed by atoms with van der Waals surface area (Å²) in [5.41, 5.74) is 0. The molecule has 0 aromatic rings. The molecule has 0 aliphatic carbocycles. The lowest BCUT2D eigenvalue weighted by Crippen LogP contribution is -3.08. The average molecular weight is 118 g/mol. The summed E-state index contributed by atoms with van der Waals surface area (Å²) >= 11 is 0. The smallest absolute Gasteiger partial charge is 0.414 e. The van der Waals surface area contributed by atoms with Crippen LogP contribution in [0.1, 0.15) is 6.92 Å². The maximum absolute atomic E-state index is 10.3. The first-order valence-corrected chi connectivity index (χ1v) is 2.47. The summed E-state index contributed by atoms with van der Waals surface area (Å²) in [6.45, 7) is 2.28. The summed E-state index contributed by atoms with van der Waals surface area (Å²) in [5.74, 6) is 0. The van der Waals surface area contributed by atoms with Crippen LogP contribution in [0.15, 0.2) is 0 Å². The number of rotatable bonds is 1. The minimum Gasteiger partial charge on any atom is -0.626 e. The van der Waals surface area contributed by atoms with Crippen LogP contribution in [0.4, 0.5) is 4.79 Å². The molecule has 0 aromatic heterocycles. The van der Waals surface area contributed by atoms with Gasteiger partial charge in [-0.15, -0.1) is 0 Å². The number of hydrogen-bond acceptors (Lipinski definition) is 2. The molecule has 0 fully saturated rings. The largest absolute Gasteiger partial charge is 0.626 e. The van der Waals surface area contributed by atoms with Gasteiger partial charge in [0.2, 0.25) is 0 Å². The summed E-state index contributed by atoms with van der Waals surface area (Å²) in [5, 5.41) is 12.0. The van der Waals surface area contributed by atoms with Gasteiger partial charge in [0.05, 0.1) is 7.05 Å². The molecule has 0 heterocycles. The van der Waals surface area contributed by atoms with Crippen LogP contribution in [0.5, 0.6) is 0 Å². The van der Waals surface area contributed by atoms with Crippen molar-refractivity contribution in [3.63, 3.8) is 0 Å². The molecule has 2 amide bonds. The molecule has 0 bridgehead atoms. The normalized spacial score (nSPS) is 12.9. The van der Waals surface area contributed by atoms with Gasteiger partial charge >= 0.3 is 6.03 Å². The molecule has 48 valence electrons. The Kier molecular flexibility index (Phi) is 3.14. The fourth-order valence-corrected chi connectivity index (χ4v) is 0.285. The lowest BCUT2D eigenvalue weighted by molar-refractivity contribution is -0.734. The molecule has 0 radical (unpaired) electrons. The van der Waals surface area contributed by atoms with Crippen LogP contribution in [0.25, 0.3) is 0 Å². The number of hydroxylamine groups is 2. The molecule has 0 saturated heterocycles. The number of amides is 2. The van der Waals surface area contributed by atoms with E-state index < -0.39 is 11.1 Å². The van der Waals surface area contributed by atoms with Gasteiger partial charge in [-0.3, -0.25) is 5.06 Å². The molecule has 1 unspecified atom stereocenters. The number of carbonyl (C=O) groups excluding carboxylic acids is 1. The summed E-state index contributed by atoms with van der Waals surface area (Å²) in [6, 6.07) is -0.507. The van der Waals surface area contributed by atoms with Crippen LogP contribution in [-0.2, 0) is 0 Å². The van der Waals surface area contributed by atoms with E-state index in [2.05, 4.69) is 5.32 Å². The molecular weight excluding hydrogens is 108 g/mol.